The number of para-hydroxylation sites is 1. The van der Waals surface area contributed by atoms with E-state index in [1.54, 1.807) is 0 Å². The maximum Gasteiger partial charge on any atom is 0.330 e. The maximum absolute atomic E-state index is 13.5. The van der Waals surface area contributed by atoms with Crippen LogP contribution in [-0.4, -0.2) is 37.7 Å². The number of nitrogens with two attached hydrogens (primary N) is 1. The number of thioether (sulfide) groups is 1. The topological polar surface area (TPSA) is 127 Å². The second-order valence-corrected chi connectivity index (χ2v) is 10.3. The second-order valence-electron chi connectivity index (χ2n) is 9.36. The van der Waals surface area contributed by atoms with Gasteiger partial charge in [0.05, 0.1) is 11.3 Å². The van der Waals surface area contributed by atoms with Crippen molar-refractivity contribution in [2.24, 2.45) is 5.92 Å². The Balaban J connectivity index is 1.65. The summed E-state index contributed by atoms with van der Waals surface area (Å²) in [4.78, 5) is 51.9. The predicted octanol–water partition coefficient (Wildman–Crippen LogP) is 3.52. The van der Waals surface area contributed by atoms with Crippen LogP contribution in [0.15, 0.2) is 38.9 Å². The predicted molar refractivity (Wildman–Crippen MR) is 140 cm³/mol. The number of nitrogens with zero attached hydrogens (tertiary/aromatic N) is 4. The number of hydrogen-bond donors (Lipinski definition) is 2. The van der Waals surface area contributed by atoms with Gasteiger partial charge in [-0.3, -0.25) is 19.1 Å². The van der Waals surface area contributed by atoms with Crippen LogP contribution in [0.25, 0.3) is 10.9 Å². The smallest absolute Gasteiger partial charge is 0.330 e. The lowest BCUT2D eigenvalue weighted by atomic mass is 10.2. The van der Waals surface area contributed by atoms with E-state index in [4.69, 9.17) is 15.7 Å². The average Bonchev–Trinajstić information content (AvgIpc) is 3.67. The van der Waals surface area contributed by atoms with E-state index in [-0.39, 0.29) is 29.1 Å². The van der Waals surface area contributed by atoms with Gasteiger partial charge >= 0.3 is 5.69 Å². The molecule has 1 amide bonds. The van der Waals surface area contributed by atoms with E-state index in [1.165, 1.54) is 21.2 Å². The van der Waals surface area contributed by atoms with Crippen LogP contribution >= 0.6 is 11.8 Å². The van der Waals surface area contributed by atoms with E-state index in [1.807, 2.05) is 45.0 Å². The third-order valence-electron chi connectivity index (χ3n) is 5.93. The molecule has 2 heterocycles. The van der Waals surface area contributed by atoms with Gasteiger partial charge in [0, 0.05) is 24.4 Å². The number of carbonyl (C=O) groups excluding carboxylic acids is 1. The minimum Gasteiger partial charge on any atom is -0.383 e. The fraction of sp³-hybridized carbons (Fsp3) is 0.480. The lowest BCUT2D eigenvalue weighted by molar-refractivity contribution is -0.116. The molecule has 10 heteroatoms. The van der Waals surface area contributed by atoms with E-state index in [0.29, 0.717) is 25.4 Å². The lowest BCUT2D eigenvalue weighted by Gasteiger charge is -2.25. The Morgan fingerprint density at radius 2 is 2.00 bits per heavy atom. The van der Waals surface area contributed by atoms with Crippen molar-refractivity contribution in [1.82, 2.24) is 19.5 Å². The molecule has 9 nitrogen and oxygen atoms in total. The molecule has 0 saturated heterocycles. The van der Waals surface area contributed by atoms with E-state index >= 15 is 0 Å². The molecule has 0 unspecified atom stereocenters. The van der Waals surface area contributed by atoms with Gasteiger partial charge in [-0.2, -0.15) is 0 Å². The summed E-state index contributed by atoms with van der Waals surface area (Å²) < 4.78 is 1.33. The molecule has 1 aromatic carbocycles. The van der Waals surface area contributed by atoms with Crippen LogP contribution in [-0.2, 0) is 11.3 Å². The minimum absolute atomic E-state index is 0.0189. The molecule has 1 aliphatic rings. The van der Waals surface area contributed by atoms with Crippen molar-refractivity contribution in [3.05, 3.63) is 50.9 Å². The number of aromatic nitrogens is 4. The molecule has 0 aliphatic heterocycles. The molecule has 1 aliphatic carbocycles. The number of fused-ring (bicyclic) bond motifs is 1. The third-order valence-corrected chi connectivity index (χ3v) is 6.90. The number of aromatic amines is 1. The Bertz CT molecular complexity index is 1350. The number of hydrogen-bond acceptors (Lipinski definition) is 7. The maximum atomic E-state index is 13.5. The van der Waals surface area contributed by atoms with Gasteiger partial charge in [0.2, 0.25) is 5.91 Å². The molecular weight excluding hydrogens is 464 g/mol. The van der Waals surface area contributed by atoms with E-state index in [2.05, 4.69) is 4.98 Å². The number of anilines is 2. The summed E-state index contributed by atoms with van der Waals surface area (Å²) in [7, 11) is 0. The number of H-pyrrole nitrogens is 1. The first-order chi connectivity index (χ1) is 16.8. The molecule has 4 rings (SSSR count). The van der Waals surface area contributed by atoms with Crippen LogP contribution in [0.5, 0.6) is 0 Å². The normalized spacial score (nSPS) is 13.5. The van der Waals surface area contributed by atoms with Crippen molar-refractivity contribution >= 4 is 40.1 Å². The molecule has 0 bridgehead atoms. The molecule has 1 saturated carbocycles. The van der Waals surface area contributed by atoms with Gasteiger partial charge in [-0.25, -0.2) is 14.8 Å². The van der Waals surface area contributed by atoms with Crippen LogP contribution < -0.4 is 21.9 Å². The molecule has 3 aromatic rings. The Hall–Kier alpha value is -3.14. The molecule has 186 valence electrons. The minimum atomic E-state index is -0.648. The standard InChI is InChI=1S/C25H32N6O3S/c1-4-5-12-30(20-21(26)31(13-15(2)3)25(34)29-23(20)33)19(32)14-35-24-17-8-6-7-9-18(17)27-22(28-24)16-10-11-16/h6-9,15-16H,4-5,10-14,26H2,1-3H3,(H,29,33,34). The van der Waals surface area contributed by atoms with Crippen molar-refractivity contribution in [3.63, 3.8) is 0 Å². The number of benzene rings is 1. The number of unbranched alkanes of at least 4 members (excludes halogenated alkanes) is 1. The van der Waals surface area contributed by atoms with Gasteiger partial charge in [-0.15, -0.1) is 0 Å². The zero-order chi connectivity index (χ0) is 25.1. The molecule has 0 atom stereocenters. The first kappa shape index (κ1) is 25.0. The Morgan fingerprint density at radius 3 is 2.69 bits per heavy atom. The highest BCUT2D eigenvalue weighted by Gasteiger charge is 2.28. The van der Waals surface area contributed by atoms with Crippen molar-refractivity contribution in [2.75, 3.05) is 22.9 Å². The largest absolute Gasteiger partial charge is 0.383 e. The Labute approximate surface area is 208 Å². The monoisotopic (exact) mass is 496 g/mol. The van der Waals surface area contributed by atoms with Gasteiger partial charge in [-0.05, 0) is 31.2 Å². The van der Waals surface area contributed by atoms with Crippen molar-refractivity contribution < 1.29 is 4.79 Å². The van der Waals surface area contributed by atoms with Gasteiger partial charge < -0.3 is 10.6 Å². The van der Waals surface area contributed by atoms with Gasteiger partial charge in [0.25, 0.3) is 5.56 Å². The summed E-state index contributed by atoms with van der Waals surface area (Å²) in [5.74, 6) is 1.18. The molecule has 0 radical (unpaired) electrons. The zero-order valence-electron chi connectivity index (χ0n) is 20.4. The summed E-state index contributed by atoms with van der Waals surface area (Å²) in [6, 6.07) is 7.79. The first-order valence-electron chi connectivity index (χ1n) is 12.1. The third kappa shape index (κ3) is 5.58. The zero-order valence-corrected chi connectivity index (χ0v) is 21.2. The molecular formula is C25H32N6O3S. The van der Waals surface area contributed by atoms with Gasteiger partial charge in [0.1, 0.15) is 16.7 Å². The molecule has 35 heavy (non-hydrogen) atoms. The quantitative estimate of drug-likeness (QED) is 0.325. The van der Waals surface area contributed by atoms with E-state index < -0.39 is 11.2 Å². The van der Waals surface area contributed by atoms with Crippen LogP contribution in [0.2, 0.25) is 0 Å². The summed E-state index contributed by atoms with van der Waals surface area (Å²) in [6.07, 6.45) is 3.70. The van der Waals surface area contributed by atoms with Gasteiger partial charge in [0.15, 0.2) is 5.69 Å². The fourth-order valence-corrected chi connectivity index (χ4v) is 4.87. The number of nitrogens with one attached hydrogen (secondary N) is 1. The number of nitrogen functional groups attached to an aromatic ring is 1. The summed E-state index contributed by atoms with van der Waals surface area (Å²) in [6.45, 7) is 6.60. The van der Waals surface area contributed by atoms with Crippen LogP contribution in [0.1, 0.15) is 58.2 Å². The summed E-state index contributed by atoms with van der Waals surface area (Å²) in [5.41, 5.74) is 5.99. The Morgan fingerprint density at radius 1 is 1.26 bits per heavy atom. The SMILES string of the molecule is CCCCN(C(=O)CSc1nc(C2CC2)nc2ccccc12)c1c(N)n(CC(C)C)c(=O)[nH]c1=O. The van der Waals surface area contributed by atoms with E-state index in [9.17, 15) is 14.4 Å². The highest BCUT2D eigenvalue weighted by atomic mass is 32.2. The first-order valence-corrected chi connectivity index (χ1v) is 13.1. The van der Waals surface area contributed by atoms with Crippen molar-refractivity contribution in [1.29, 1.82) is 0 Å². The van der Waals surface area contributed by atoms with E-state index in [0.717, 1.165) is 41.0 Å². The molecule has 1 fully saturated rings. The van der Waals surface area contributed by atoms with Gasteiger partial charge in [-0.1, -0.05) is 57.2 Å². The lowest BCUT2D eigenvalue weighted by Crippen LogP contribution is -2.42. The number of carbonyl (C=O) groups is 1. The molecule has 0 spiro atoms. The van der Waals surface area contributed by atoms with Crippen LogP contribution in [0.3, 0.4) is 0 Å². The summed E-state index contributed by atoms with van der Waals surface area (Å²) >= 11 is 1.34. The Kier molecular flexibility index (Phi) is 7.59. The highest BCUT2D eigenvalue weighted by molar-refractivity contribution is 8.00. The summed E-state index contributed by atoms with van der Waals surface area (Å²) in [5, 5.41) is 1.66. The second kappa shape index (κ2) is 10.6. The van der Waals surface area contributed by atoms with Crippen LogP contribution in [0.4, 0.5) is 11.5 Å². The van der Waals surface area contributed by atoms with Crippen molar-refractivity contribution in [2.45, 2.75) is 63.9 Å². The highest BCUT2D eigenvalue weighted by Crippen LogP contribution is 2.39. The molecule has 2 aromatic heterocycles. The number of rotatable bonds is 10. The van der Waals surface area contributed by atoms with Crippen LogP contribution in [0, 0.1) is 5.92 Å². The van der Waals surface area contributed by atoms with Crippen molar-refractivity contribution in [3.8, 4) is 0 Å². The average molecular weight is 497 g/mol. The number of amides is 1. The molecule has 3 N–H and O–H groups in total. The fourth-order valence-electron chi connectivity index (χ4n) is 3.97.